The molecule has 2 aliphatic heterocycles. The van der Waals surface area contributed by atoms with Crippen molar-refractivity contribution in [2.24, 2.45) is 0 Å². The third-order valence-corrected chi connectivity index (χ3v) is 6.74. The van der Waals surface area contributed by atoms with E-state index in [0.717, 1.165) is 56.7 Å². The van der Waals surface area contributed by atoms with Gasteiger partial charge < -0.3 is 20.9 Å². The largest absolute Gasteiger partial charge is 0.351 e. The highest BCUT2D eigenvalue weighted by molar-refractivity contribution is 5.86. The molecule has 10 nitrogen and oxygen atoms in total. The van der Waals surface area contributed by atoms with Crippen LogP contribution < -0.4 is 20.9 Å². The summed E-state index contributed by atoms with van der Waals surface area (Å²) in [5.74, 6) is 2.70. The maximum absolute atomic E-state index is 13.1. The molecule has 168 valence electrons. The van der Waals surface area contributed by atoms with Crippen molar-refractivity contribution >= 4 is 29.0 Å². The van der Waals surface area contributed by atoms with Crippen molar-refractivity contribution in [3.8, 4) is 0 Å². The van der Waals surface area contributed by atoms with Crippen LogP contribution in [0.4, 0.5) is 17.6 Å². The SMILES string of the molecule is O=C(NC1CCNCC1)[C@@H]1CCCN1c1nc(Nc2cc(C3CC3)[nH]n2)c2cccn2n1. The highest BCUT2D eigenvalue weighted by atomic mass is 16.2. The summed E-state index contributed by atoms with van der Waals surface area (Å²) in [5.41, 5.74) is 2.04. The normalized spacial score (nSPS) is 21.9. The number of hydrogen-bond acceptors (Lipinski definition) is 7. The molecule has 0 radical (unpaired) electrons. The first-order valence-electron chi connectivity index (χ1n) is 11.7. The first-order chi connectivity index (χ1) is 15.7. The van der Waals surface area contributed by atoms with Crippen LogP contribution >= 0.6 is 0 Å². The van der Waals surface area contributed by atoms with Crippen LogP contribution in [-0.4, -0.2) is 62.4 Å². The highest BCUT2D eigenvalue weighted by Gasteiger charge is 2.34. The molecule has 5 heterocycles. The number of aromatic nitrogens is 5. The standard InChI is InChI=1S/C22H29N9O/c32-21(24-15-7-9-23-10-8-15)18-4-1-11-30(18)22-26-20(17-3-2-12-31(17)29-22)25-19-13-16(27-28-19)14-5-6-14/h2-3,12-15,18,23H,1,4-11H2,(H,24,32)(H2,25,26,27,28,29)/t18-/m0/s1. The third-order valence-electron chi connectivity index (χ3n) is 6.74. The van der Waals surface area contributed by atoms with Gasteiger partial charge in [-0.3, -0.25) is 9.89 Å². The smallest absolute Gasteiger partial charge is 0.246 e. The van der Waals surface area contributed by atoms with Gasteiger partial charge in [0.1, 0.15) is 11.6 Å². The number of rotatable bonds is 6. The Hall–Kier alpha value is -3.14. The van der Waals surface area contributed by atoms with Gasteiger partial charge in [-0.15, -0.1) is 5.10 Å². The minimum absolute atomic E-state index is 0.0847. The Morgan fingerprint density at radius 3 is 2.88 bits per heavy atom. The van der Waals surface area contributed by atoms with Crippen molar-refractivity contribution in [2.45, 2.75) is 56.5 Å². The Morgan fingerprint density at radius 1 is 1.16 bits per heavy atom. The molecule has 1 saturated carbocycles. The number of fused-ring (bicyclic) bond motifs is 1. The molecule has 0 spiro atoms. The number of aromatic amines is 1. The van der Waals surface area contributed by atoms with Crippen LogP contribution in [0.15, 0.2) is 24.4 Å². The Kier molecular flexibility index (Phi) is 4.94. The molecule has 10 heteroatoms. The topological polar surface area (TPSA) is 115 Å². The Morgan fingerprint density at radius 2 is 2.03 bits per heavy atom. The molecule has 3 aromatic rings. The van der Waals surface area contributed by atoms with Crippen LogP contribution in [0.3, 0.4) is 0 Å². The van der Waals surface area contributed by atoms with Crippen molar-refractivity contribution in [1.29, 1.82) is 0 Å². The van der Waals surface area contributed by atoms with Gasteiger partial charge in [-0.05, 0) is 63.7 Å². The summed E-state index contributed by atoms with van der Waals surface area (Å²) in [6.07, 6.45) is 8.07. The number of carbonyl (C=O) groups excluding carboxylic acids is 1. The summed E-state index contributed by atoms with van der Waals surface area (Å²) in [6.45, 7) is 2.68. The molecule has 4 N–H and O–H groups in total. The average molecular weight is 436 g/mol. The van der Waals surface area contributed by atoms with E-state index >= 15 is 0 Å². The van der Waals surface area contributed by atoms with Crippen LogP contribution in [0, 0.1) is 0 Å². The Balaban J connectivity index is 1.25. The molecule has 32 heavy (non-hydrogen) atoms. The molecule has 1 amide bonds. The molecule has 6 rings (SSSR count). The maximum Gasteiger partial charge on any atom is 0.246 e. The zero-order valence-corrected chi connectivity index (χ0v) is 18.0. The van der Waals surface area contributed by atoms with Gasteiger partial charge in [0.2, 0.25) is 11.9 Å². The van der Waals surface area contributed by atoms with E-state index in [-0.39, 0.29) is 18.0 Å². The van der Waals surface area contributed by atoms with Crippen LogP contribution in [0.2, 0.25) is 0 Å². The lowest BCUT2D eigenvalue weighted by atomic mass is 10.1. The molecule has 0 aromatic carbocycles. The van der Waals surface area contributed by atoms with Crippen molar-refractivity contribution in [2.75, 3.05) is 29.9 Å². The minimum Gasteiger partial charge on any atom is -0.351 e. The van der Waals surface area contributed by atoms with Crippen molar-refractivity contribution in [3.63, 3.8) is 0 Å². The van der Waals surface area contributed by atoms with Crippen LogP contribution in [0.25, 0.3) is 5.52 Å². The zero-order valence-electron chi connectivity index (χ0n) is 18.0. The van der Waals surface area contributed by atoms with E-state index in [4.69, 9.17) is 10.1 Å². The molecule has 2 saturated heterocycles. The van der Waals surface area contributed by atoms with Gasteiger partial charge in [0, 0.05) is 36.5 Å². The second-order valence-corrected chi connectivity index (χ2v) is 9.09. The summed E-state index contributed by atoms with van der Waals surface area (Å²) in [5, 5.41) is 22.2. The van der Waals surface area contributed by atoms with Crippen molar-refractivity contribution in [3.05, 3.63) is 30.1 Å². The zero-order chi connectivity index (χ0) is 21.5. The van der Waals surface area contributed by atoms with Crippen molar-refractivity contribution in [1.82, 2.24) is 35.4 Å². The maximum atomic E-state index is 13.1. The number of hydrogen-bond donors (Lipinski definition) is 4. The Bertz CT molecular complexity index is 1110. The quantitative estimate of drug-likeness (QED) is 0.467. The average Bonchev–Trinajstić information content (AvgIpc) is 3.20. The van der Waals surface area contributed by atoms with Crippen LogP contribution in [-0.2, 0) is 4.79 Å². The molecule has 3 aromatic heterocycles. The molecule has 1 aliphatic carbocycles. The molecule has 3 fully saturated rings. The van der Waals surface area contributed by atoms with E-state index in [1.54, 1.807) is 0 Å². The second kappa shape index (κ2) is 8.09. The molecule has 1 atom stereocenters. The second-order valence-electron chi connectivity index (χ2n) is 9.09. The monoisotopic (exact) mass is 435 g/mol. The lowest BCUT2D eigenvalue weighted by Crippen LogP contribution is -2.50. The molecular weight excluding hydrogens is 406 g/mol. The van der Waals surface area contributed by atoms with Gasteiger partial charge in [-0.25, -0.2) is 4.52 Å². The van der Waals surface area contributed by atoms with Gasteiger partial charge in [0.05, 0.1) is 0 Å². The number of carbonyl (C=O) groups is 1. The summed E-state index contributed by atoms with van der Waals surface area (Å²) in [6, 6.07) is 5.99. The number of nitrogens with zero attached hydrogens (tertiary/aromatic N) is 5. The first-order valence-corrected chi connectivity index (χ1v) is 11.7. The number of nitrogens with one attached hydrogen (secondary N) is 4. The summed E-state index contributed by atoms with van der Waals surface area (Å²) >= 11 is 0. The lowest BCUT2D eigenvalue weighted by Gasteiger charge is -2.28. The minimum atomic E-state index is -0.238. The van der Waals surface area contributed by atoms with Gasteiger partial charge in [0.15, 0.2) is 11.6 Å². The fourth-order valence-corrected chi connectivity index (χ4v) is 4.80. The number of piperidine rings is 1. The van der Waals surface area contributed by atoms with E-state index in [1.165, 1.54) is 18.5 Å². The number of anilines is 3. The predicted molar refractivity (Wildman–Crippen MR) is 121 cm³/mol. The number of amides is 1. The van der Waals surface area contributed by atoms with E-state index in [2.05, 4.69) is 32.2 Å². The lowest BCUT2D eigenvalue weighted by molar-refractivity contribution is -0.123. The predicted octanol–water partition coefficient (Wildman–Crippen LogP) is 1.91. The summed E-state index contributed by atoms with van der Waals surface area (Å²) in [4.78, 5) is 20.0. The third kappa shape index (κ3) is 3.79. The fourth-order valence-electron chi connectivity index (χ4n) is 4.80. The molecule has 3 aliphatic rings. The Labute approximate surface area is 186 Å². The van der Waals surface area contributed by atoms with Gasteiger partial charge in [0.25, 0.3) is 0 Å². The molecule has 0 bridgehead atoms. The molecular formula is C22H29N9O. The van der Waals surface area contributed by atoms with E-state index in [0.29, 0.717) is 17.7 Å². The van der Waals surface area contributed by atoms with E-state index in [1.807, 2.05) is 27.7 Å². The van der Waals surface area contributed by atoms with Crippen molar-refractivity contribution < 1.29 is 4.79 Å². The first kappa shape index (κ1) is 19.5. The molecule has 0 unspecified atom stereocenters. The fraction of sp³-hybridized carbons (Fsp3) is 0.545. The van der Waals surface area contributed by atoms with E-state index in [9.17, 15) is 4.79 Å². The van der Waals surface area contributed by atoms with Gasteiger partial charge in [-0.2, -0.15) is 10.1 Å². The van der Waals surface area contributed by atoms with Gasteiger partial charge >= 0.3 is 0 Å². The van der Waals surface area contributed by atoms with Gasteiger partial charge in [-0.1, -0.05) is 0 Å². The summed E-state index contributed by atoms with van der Waals surface area (Å²) < 4.78 is 1.82. The summed E-state index contributed by atoms with van der Waals surface area (Å²) in [7, 11) is 0. The highest BCUT2D eigenvalue weighted by Crippen LogP contribution is 2.39. The number of H-pyrrole nitrogens is 1. The van der Waals surface area contributed by atoms with E-state index < -0.39 is 0 Å². The van der Waals surface area contributed by atoms with Crippen LogP contribution in [0.1, 0.15) is 50.1 Å². The van der Waals surface area contributed by atoms with Crippen LogP contribution in [0.5, 0.6) is 0 Å².